The van der Waals surface area contributed by atoms with Crippen LogP contribution in [0.2, 0.25) is 0 Å². The van der Waals surface area contributed by atoms with Gasteiger partial charge >= 0.3 is 0 Å². The molecule has 2 heteroatoms. The Morgan fingerprint density at radius 1 is 0.692 bits per heavy atom. The second-order valence-corrected chi connectivity index (χ2v) is 13.9. The Bertz CT molecular complexity index is 1380. The van der Waals surface area contributed by atoms with Gasteiger partial charge in [-0.2, -0.15) is 0 Å². The molecule has 0 N–H and O–H groups in total. The van der Waals surface area contributed by atoms with E-state index in [1.54, 1.807) is 0 Å². The van der Waals surface area contributed by atoms with Gasteiger partial charge < -0.3 is 4.74 Å². The molecule has 1 saturated carbocycles. The predicted molar refractivity (Wildman–Crippen MR) is 168 cm³/mol. The maximum absolute atomic E-state index is 7.15. The van der Waals surface area contributed by atoms with Gasteiger partial charge in [0.2, 0.25) is 0 Å². The van der Waals surface area contributed by atoms with Gasteiger partial charge in [-0.3, -0.25) is 0 Å². The van der Waals surface area contributed by atoms with Gasteiger partial charge in [0.15, 0.2) is 0 Å². The van der Waals surface area contributed by atoms with Crippen LogP contribution in [-0.2, 0) is 4.74 Å². The van der Waals surface area contributed by atoms with E-state index in [-0.39, 0.29) is 11.8 Å². The Morgan fingerprint density at radius 2 is 1.28 bits per heavy atom. The molecule has 0 heterocycles. The molecule has 4 aromatic carbocycles. The zero-order valence-corrected chi connectivity index (χ0v) is 24.2. The fourth-order valence-electron chi connectivity index (χ4n) is 6.65. The van der Waals surface area contributed by atoms with Crippen molar-refractivity contribution in [2.45, 2.75) is 51.8 Å². The van der Waals surface area contributed by atoms with Crippen LogP contribution in [0, 0.1) is 17.8 Å². The van der Waals surface area contributed by atoms with Crippen molar-refractivity contribution >= 4 is 30.4 Å². The first-order chi connectivity index (χ1) is 19.1. The second kappa shape index (κ2) is 11.5. The van der Waals surface area contributed by atoms with E-state index in [2.05, 4.69) is 136 Å². The molecule has 1 fully saturated rings. The minimum absolute atomic E-state index is 0.223. The van der Waals surface area contributed by atoms with Crippen molar-refractivity contribution in [1.82, 2.24) is 0 Å². The third kappa shape index (κ3) is 5.35. The van der Waals surface area contributed by atoms with Crippen molar-refractivity contribution in [3.8, 4) is 0 Å². The lowest BCUT2D eigenvalue weighted by Crippen LogP contribution is -2.34. The number of fused-ring (bicyclic) bond motifs is 2. The summed E-state index contributed by atoms with van der Waals surface area (Å²) in [4.78, 5) is 0. The van der Waals surface area contributed by atoms with Gasteiger partial charge in [-0.15, -0.1) is 0 Å². The van der Waals surface area contributed by atoms with Crippen molar-refractivity contribution in [2.24, 2.45) is 17.8 Å². The Kier molecular flexibility index (Phi) is 7.71. The first-order valence-electron chi connectivity index (χ1n) is 14.6. The van der Waals surface area contributed by atoms with Crippen molar-refractivity contribution in [3.63, 3.8) is 0 Å². The minimum Gasteiger partial charge on any atom is -0.489 e. The summed E-state index contributed by atoms with van der Waals surface area (Å²) < 4.78 is 7.15. The van der Waals surface area contributed by atoms with E-state index in [0.29, 0.717) is 17.8 Å². The lowest BCUT2D eigenvalue weighted by Gasteiger charge is -2.38. The minimum atomic E-state index is -0.713. The molecule has 0 radical (unpaired) electrons. The fourth-order valence-corrected chi connectivity index (χ4v) is 9.55. The van der Waals surface area contributed by atoms with Crippen molar-refractivity contribution in [2.75, 3.05) is 0 Å². The molecule has 2 unspecified atom stereocenters. The Morgan fingerprint density at radius 3 is 1.95 bits per heavy atom. The molecule has 0 aliphatic heterocycles. The van der Waals surface area contributed by atoms with Crippen molar-refractivity contribution < 1.29 is 4.74 Å². The van der Waals surface area contributed by atoms with Crippen LogP contribution < -0.4 is 10.6 Å². The molecule has 1 nitrogen and oxygen atoms in total. The maximum atomic E-state index is 7.15. The van der Waals surface area contributed by atoms with Crippen LogP contribution in [0.25, 0.3) is 11.8 Å². The third-order valence-electron chi connectivity index (χ3n) is 8.66. The molecule has 198 valence electrons. The van der Waals surface area contributed by atoms with E-state index in [1.165, 1.54) is 45.7 Å². The van der Waals surface area contributed by atoms with E-state index >= 15 is 0 Å². The average Bonchev–Trinajstić information content (AvgIpc) is 3.09. The van der Waals surface area contributed by atoms with E-state index in [1.807, 2.05) is 0 Å². The highest BCUT2D eigenvalue weighted by atomic mass is 31.1. The highest BCUT2D eigenvalue weighted by molar-refractivity contribution is 7.73. The van der Waals surface area contributed by atoms with Gasteiger partial charge in [0.1, 0.15) is 11.9 Å². The van der Waals surface area contributed by atoms with E-state index in [4.69, 9.17) is 4.74 Å². The van der Waals surface area contributed by atoms with Gasteiger partial charge in [-0.05, 0) is 71.9 Å². The molecule has 0 amide bonds. The molecule has 39 heavy (non-hydrogen) atoms. The Balaban J connectivity index is 1.52. The lowest BCUT2D eigenvalue weighted by molar-refractivity contribution is 0.0265. The highest BCUT2D eigenvalue weighted by Gasteiger charge is 2.36. The van der Waals surface area contributed by atoms with E-state index in [0.717, 1.165) is 12.2 Å². The number of hydrogen-bond donors (Lipinski definition) is 0. The summed E-state index contributed by atoms with van der Waals surface area (Å²) in [6.07, 6.45) is 6.29. The Hall–Kier alpha value is -3.15. The van der Waals surface area contributed by atoms with Crippen LogP contribution >= 0.6 is 7.92 Å². The molecule has 2 aliphatic rings. The van der Waals surface area contributed by atoms with Gasteiger partial charge in [0.25, 0.3) is 0 Å². The van der Waals surface area contributed by atoms with Crippen LogP contribution in [0.4, 0.5) is 0 Å². The summed E-state index contributed by atoms with van der Waals surface area (Å²) in [6, 6.07) is 40.3. The van der Waals surface area contributed by atoms with Gasteiger partial charge in [0.05, 0.1) is 0 Å². The van der Waals surface area contributed by atoms with Crippen molar-refractivity contribution in [1.29, 1.82) is 0 Å². The topological polar surface area (TPSA) is 9.23 Å². The monoisotopic (exact) mass is 530 g/mol. The standard InChI is InChI=1S/C37H39OP/c1-26(2)31-23-22-27(3)24-35(31)38-36-25-28-14-10-11-19-32(28)37(34-21-13-12-20-33(34)36)39(29-15-6-4-7-16-29)30-17-8-5-9-18-30/h4-21,25-27,31,35,37H,22-24H2,1-3H3/t27-,31?,35?,37-/m1/s1. The summed E-state index contributed by atoms with van der Waals surface area (Å²) in [5, 5.41) is 2.80. The molecular weight excluding hydrogens is 491 g/mol. The van der Waals surface area contributed by atoms with E-state index in [9.17, 15) is 0 Å². The maximum Gasteiger partial charge on any atom is 0.127 e. The van der Waals surface area contributed by atoms with Crippen LogP contribution in [-0.4, -0.2) is 6.10 Å². The van der Waals surface area contributed by atoms with Crippen LogP contribution in [0.1, 0.15) is 67.9 Å². The predicted octanol–water partition coefficient (Wildman–Crippen LogP) is 9.20. The van der Waals surface area contributed by atoms with Gasteiger partial charge in [-0.25, -0.2) is 0 Å². The summed E-state index contributed by atoms with van der Waals surface area (Å²) in [5.41, 5.74) is 5.51. The molecule has 0 aromatic heterocycles. The summed E-state index contributed by atoms with van der Waals surface area (Å²) in [5.74, 6) is 2.96. The largest absolute Gasteiger partial charge is 0.489 e. The van der Waals surface area contributed by atoms with Gasteiger partial charge in [-0.1, -0.05) is 136 Å². The molecule has 0 spiro atoms. The fraction of sp³-hybridized carbons (Fsp3) is 0.297. The molecule has 0 bridgehead atoms. The number of hydrogen-bond acceptors (Lipinski definition) is 1. The summed E-state index contributed by atoms with van der Waals surface area (Å²) >= 11 is 0. The number of benzene rings is 4. The summed E-state index contributed by atoms with van der Waals surface area (Å²) in [7, 11) is -0.713. The molecule has 4 aromatic rings. The quantitative estimate of drug-likeness (QED) is 0.226. The molecule has 0 saturated heterocycles. The third-order valence-corrected chi connectivity index (χ3v) is 11.4. The summed E-state index contributed by atoms with van der Waals surface area (Å²) in [6.45, 7) is 7.12. The zero-order chi connectivity index (χ0) is 26.8. The molecule has 6 rings (SSSR count). The first kappa shape index (κ1) is 26.1. The second-order valence-electron chi connectivity index (χ2n) is 11.7. The first-order valence-corrected chi connectivity index (χ1v) is 16.0. The molecule has 2 aliphatic carbocycles. The number of ether oxygens (including phenoxy) is 1. The zero-order valence-electron chi connectivity index (χ0n) is 23.3. The van der Waals surface area contributed by atoms with Crippen molar-refractivity contribution in [3.05, 3.63) is 131 Å². The van der Waals surface area contributed by atoms with Crippen LogP contribution in [0.15, 0.2) is 109 Å². The number of rotatable bonds is 6. The molecular formula is C37H39OP. The van der Waals surface area contributed by atoms with Crippen LogP contribution in [0.3, 0.4) is 0 Å². The average molecular weight is 531 g/mol. The van der Waals surface area contributed by atoms with E-state index < -0.39 is 7.92 Å². The molecule has 4 atom stereocenters. The SMILES string of the molecule is CC(C)C1CC[C@@H](C)CC1OC1=Cc2ccccc2[C@@H](P(c2ccccc2)c2ccccc2)c2ccccc21. The smallest absolute Gasteiger partial charge is 0.127 e. The Labute approximate surface area is 235 Å². The van der Waals surface area contributed by atoms with Gasteiger partial charge in [0, 0.05) is 11.2 Å². The van der Waals surface area contributed by atoms with Crippen LogP contribution in [0.5, 0.6) is 0 Å². The highest BCUT2D eigenvalue weighted by Crippen LogP contribution is 2.57. The lowest BCUT2D eigenvalue weighted by atomic mass is 9.75. The normalized spacial score (nSPS) is 22.5.